The Morgan fingerprint density at radius 2 is 1.97 bits per heavy atom. The third-order valence-corrected chi connectivity index (χ3v) is 5.66. The fraction of sp³-hybridized carbons (Fsp3) is 0.500. The highest BCUT2D eigenvalue weighted by molar-refractivity contribution is 5.82. The second kappa shape index (κ2) is 8.47. The molecule has 0 aromatic carbocycles. The molecular formula is C22H29N5O3. The van der Waals surface area contributed by atoms with Crippen LogP contribution >= 0.6 is 0 Å². The van der Waals surface area contributed by atoms with E-state index >= 15 is 0 Å². The summed E-state index contributed by atoms with van der Waals surface area (Å²) in [6.07, 6.45) is 5.46. The third kappa shape index (κ3) is 3.56. The minimum Gasteiger partial charge on any atom is -0.358 e. The Hall–Kier alpha value is -2.87. The lowest BCUT2D eigenvalue weighted by atomic mass is 10.2. The Kier molecular flexibility index (Phi) is 5.76. The molecule has 1 unspecified atom stereocenters. The molecule has 8 heteroatoms. The maximum atomic E-state index is 12.9. The van der Waals surface area contributed by atoms with Crippen molar-refractivity contribution in [1.82, 2.24) is 19.1 Å². The number of hydrogen-bond acceptors (Lipinski definition) is 5. The number of aryl methyl sites for hydroxylation is 1. The summed E-state index contributed by atoms with van der Waals surface area (Å²) in [7, 11) is 1.99. The summed E-state index contributed by atoms with van der Waals surface area (Å²) >= 11 is 0. The van der Waals surface area contributed by atoms with Crippen LogP contribution in [0, 0.1) is 0 Å². The van der Waals surface area contributed by atoms with E-state index in [1.165, 1.54) is 4.57 Å². The molecule has 3 aromatic heterocycles. The van der Waals surface area contributed by atoms with Crippen LogP contribution in [0.15, 0.2) is 34.0 Å². The molecule has 0 radical (unpaired) electrons. The Labute approximate surface area is 175 Å². The number of pyridine rings is 1. The van der Waals surface area contributed by atoms with E-state index < -0.39 is 0 Å². The number of anilines is 1. The van der Waals surface area contributed by atoms with Gasteiger partial charge >= 0.3 is 5.69 Å². The molecule has 1 aliphatic rings. The van der Waals surface area contributed by atoms with E-state index in [1.54, 1.807) is 10.8 Å². The summed E-state index contributed by atoms with van der Waals surface area (Å²) in [6.45, 7) is 5.75. The van der Waals surface area contributed by atoms with Gasteiger partial charge in [0.25, 0.3) is 5.56 Å². The lowest BCUT2D eigenvalue weighted by Crippen LogP contribution is -2.39. The molecule has 3 aromatic rings. The van der Waals surface area contributed by atoms with E-state index in [0.717, 1.165) is 49.4 Å². The van der Waals surface area contributed by atoms with Gasteiger partial charge in [-0.15, -0.1) is 0 Å². The summed E-state index contributed by atoms with van der Waals surface area (Å²) in [4.78, 5) is 35.6. The molecule has 1 fully saturated rings. The van der Waals surface area contributed by atoms with E-state index in [9.17, 15) is 9.59 Å². The van der Waals surface area contributed by atoms with Crippen LogP contribution < -0.4 is 16.1 Å². The van der Waals surface area contributed by atoms with Gasteiger partial charge in [-0.3, -0.25) is 13.9 Å². The zero-order valence-electron chi connectivity index (χ0n) is 17.9. The number of nitrogens with one attached hydrogen (secondary N) is 1. The normalized spacial score (nSPS) is 16.4. The SMILES string of the molecule is CCCn1c(=O)c2[nH]c(-c3ccc(N(C)C4CCCO4)nc3)cc2n(CCC)c1=O. The topological polar surface area (TPSA) is 85.2 Å². The van der Waals surface area contributed by atoms with Gasteiger partial charge in [-0.1, -0.05) is 13.8 Å². The van der Waals surface area contributed by atoms with Gasteiger partial charge in [0.1, 0.15) is 17.6 Å². The Morgan fingerprint density at radius 3 is 2.60 bits per heavy atom. The highest BCUT2D eigenvalue weighted by atomic mass is 16.5. The molecule has 4 heterocycles. The van der Waals surface area contributed by atoms with E-state index in [2.05, 4.69) is 9.97 Å². The predicted molar refractivity (Wildman–Crippen MR) is 118 cm³/mol. The van der Waals surface area contributed by atoms with Crippen LogP contribution in [0.2, 0.25) is 0 Å². The number of rotatable bonds is 7. The first-order valence-corrected chi connectivity index (χ1v) is 10.7. The minimum atomic E-state index is -0.266. The van der Waals surface area contributed by atoms with Gasteiger partial charge in [-0.05, 0) is 43.9 Å². The standard InChI is InChI=1S/C22H29N5O3/c1-4-10-26-17-13-16(24-20(17)21(28)27(11-5-2)22(26)29)15-8-9-18(23-14-15)25(3)19-7-6-12-30-19/h8-9,13-14,19,24H,4-7,10-12H2,1-3H3. The van der Waals surface area contributed by atoms with Crippen molar-refractivity contribution < 1.29 is 4.74 Å². The highest BCUT2D eigenvalue weighted by Crippen LogP contribution is 2.25. The van der Waals surface area contributed by atoms with E-state index in [1.807, 2.05) is 44.0 Å². The monoisotopic (exact) mass is 411 g/mol. The predicted octanol–water partition coefficient (Wildman–Crippen LogP) is 2.95. The van der Waals surface area contributed by atoms with Gasteiger partial charge in [0, 0.05) is 44.2 Å². The number of hydrogen-bond donors (Lipinski definition) is 1. The van der Waals surface area contributed by atoms with E-state index in [4.69, 9.17) is 4.74 Å². The molecule has 4 rings (SSSR count). The van der Waals surface area contributed by atoms with Crippen LogP contribution in [0.25, 0.3) is 22.3 Å². The van der Waals surface area contributed by atoms with Gasteiger partial charge in [0.15, 0.2) is 0 Å². The van der Waals surface area contributed by atoms with Crippen LogP contribution in [-0.2, 0) is 17.8 Å². The van der Waals surface area contributed by atoms with Crippen LogP contribution in [0.3, 0.4) is 0 Å². The molecular weight excluding hydrogens is 382 g/mol. The number of nitrogens with zero attached hydrogens (tertiary/aromatic N) is 4. The Morgan fingerprint density at radius 1 is 1.20 bits per heavy atom. The van der Waals surface area contributed by atoms with Gasteiger partial charge in [0.2, 0.25) is 0 Å². The second-order valence-corrected chi connectivity index (χ2v) is 7.82. The van der Waals surface area contributed by atoms with Gasteiger partial charge < -0.3 is 14.6 Å². The van der Waals surface area contributed by atoms with Crippen molar-refractivity contribution in [2.24, 2.45) is 0 Å². The van der Waals surface area contributed by atoms with Crippen molar-refractivity contribution in [3.8, 4) is 11.3 Å². The first-order valence-electron chi connectivity index (χ1n) is 10.7. The zero-order valence-corrected chi connectivity index (χ0v) is 17.9. The van der Waals surface area contributed by atoms with Gasteiger partial charge in [0.05, 0.1) is 5.52 Å². The van der Waals surface area contributed by atoms with Crippen LogP contribution in [0.4, 0.5) is 5.82 Å². The number of ether oxygens (including phenoxy) is 1. The average molecular weight is 412 g/mol. The van der Waals surface area contributed by atoms with Crippen LogP contribution in [0.5, 0.6) is 0 Å². The van der Waals surface area contributed by atoms with Crippen LogP contribution in [0.1, 0.15) is 39.5 Å². The summed E-state index contributed by atoms with van der Waals surface area (Å²) in [5.74, 6) is 0.843. The lowest BCUT2D eigenvalue weighted by Gasteiger charge is -2.24. The maximum Gasteiger partial charge on any atom is 0.331 e. The van der Waals surface area contributed by atoms with Crippen LogP contribution in [-0.4, -0.2) is 39.0 Å². The van der Waals surface area contributed by atoms with Crippen molar-refractivity contribution in [2.45, 2.75) is 58.8 Å². The Bertz CT molecular complexity index is 1140. The van der Waals surface area contributed by atoms with Gasteiger partial charge in [-0.25, -0.2) is 9.78 Å². The first kappa shape index (κ1) is 20.4. The molecule has 0 spiro atoms. The first-order chi connectivity index (χ1) is 14.5. The van der Waals surface area contributed by atoms with Gasteiger partial charge in [-0.2, -0.15) is 0 Å². The minimum absolute atomic E-state index is 0.0666. The molecule has 1 N–H and O–H groups in total. The van der Waals surface area contributed by atoms with Crippen molar-refractivity contribution in [1.29, 1.82) is 0 Å². The summed E-state index contributed by atoms with van der Waals surface area (Å²) < 4.78 is 8.75. The molecule has 0 saturated carbocycles. The molecule has 1 saturated heterocycles. The molecule has 0 bridgehead atoms. The van der Waals surface area contributed by atoms with Crippen molar-refractivity contribution >= 4 is 16.9 Å². The Balaban J connectivity index is 1.74. The van der Waals surface area contributed by atoms with Crippen molar-refractivity contribution in [3.05, 3.63) is 45.2 Å². The average Bonchev–Trinajstić information content (AvgIpc) is 3.44. The highest BCUT2D eigenvalue weighted by Gasteiger charge is 2.21. The van der Waals surface area contributed by atoms with E-state index in [-0.39, 0.29) is 17.5 Å². The number of aromatic amines is 1. The largest absolute Gasteiger partial charge is 0.358 e. The summed E-state index contributed by atoms with van der Waals surface area (Å²) in [5.41, 5.74) is 2.25. The fourth-order valence-corrected chi connectivity index (χ4v) is 4.07. The molecule has 30 heavy (non-hydrogen) atoms. The molecule has 1 aliphatic heterocycles. The fourth-order valence-electron chi connectivity index (χ4n) is 4.07. The zero-order chi connectivity index (χ0) is 21.3. The number of fused-ring (bicyclic) bond motifs is 1. The van der Waals surface area contributed by atoms with Crippen molar-refractivity contribution in [2.75, 3.05) is 18.6 Å². The summed E-state index contributed by atoms with van der Waals surface area (Å²) in [5, 5.41) is 0. The molecule has 0 aliphatic carbocycles. The third-order valence-electron chi connectivity index (χ3n) is 5.66. The van der Waals surface area contributed by atoms with E-state index in [0.29, 0.717) is 24.1 Å². The smallest absolute Gasteiger partial charge is 0.331 e. The summed E-state index contributed by atoms with van der Waals surface area (Å²) in [6, 6.07) is 5.81. The lowest BCUT2D eigenvalue weighted by molar-refractivity contribution is 0.111. The van der Waals surface area contributed by atoms with Crippen molar-refractivity contribution in [3.63, 3.8) is 0 Å². The quantitative estimate of drug-likeness (QED) is 0.646. The second-order valence-electron chi connectivity index (χ2n) is 7.82. The number of aromatic nitrogens is 4. The number of H-pyrrole nitrogens is 1. The molecule has 160 valence electrons. The molecule has 0 amide bonds. The molecule has 8 nitrogen and oxygen atoms in total. The molecule has 1 atom stereocenters. The maximum absolute atomic E-state index is 12.9.